The van der Waals surface area contributed by atoms with Crippen LogP contribution in [-0.2, 0) is 5.54 Å². The summed E-state index contributed by atoms with van der Waals surface area (Å²) in [4.78, 5) is 1.26. The molecule has 1 aromatic carbocycles. The molecule has 0 atom stereocenters. The summed E-state index contributed by atoms with van der Waals surface area (Å²) in [6.07, 6.45) is 6.10. The molecule has 0 unspecified atom stereocenters. The molecule has 1 aromatic rings. The van der Waals surface area contributed by atoms with E-state index in [9.17, 15) is 0 Å². The van der Waals surface area contributed by atoms with Crippen molar-refractivity contribution < 1.29 is 4.74 Å². The smallest absolute Gasteiger partial charge is 0.138 e. The SMILES string of the molecule is NC1(c2ccc3c(c2)SCO3)CCCCC1. The van der Waals surface area contributed by atoms with Gasteiger partial charge in [0.25, 0.3) is 0 Å². The zero-order valence-electron chi connectivity index (χ0n) is 9.37. The summed E-state index contributed by atoms with van der Waals surface area (Å²) in [6.45, 7) is 0. The maximum atomic E-state index is 6.52. The highest BCUT2D eigenvalue weighted by Crippen LogP contribution is 2.41. The topological polar surface area (TPSA) is 35.2 Å². The van der Waals surface area contributed by atoms with E-state index >= 15 is 0 Å². The fourth-order valence-corrected chi connectivity index (χ4v) is 3.47. The number of nitrogens with two attached hydrogens (primary N) is 1. The molecule has 3 rings (SSSR count). The van der Waals surface area contributed by atoms with Crippen LogP contribution in [0.25, 0.3) is 0 Å². The van der Waals surface area contributed by atoms with Crippen molar-refractivity contribution in [3.05, 3.63) is 23.8 Å². The number of benzene rings is 1. The van der Waals surface area contributed by atoms with E-state index in [4.69, 9.17) is 10.5 Å². The standard InChI is InChI=1S/C13H17NOS/c14-13(6-2-1-3-7-13)10-4-5-11-12(8-10)16-9-15-11/h4-5,8H,1-3,6-7,9,14H2. The van der Waals surface area contributed by atoms with Crippen molar-refractivity contribution in [3.8, 4) is 5.75 Å². The van der Waals surface area contributed by atoms with Gasteiger partial charge in [-0.1, -0.05) is 37.1 Å². The highest BCUT2D eigenvalue weighted by atomic mass is 32.2. The molecule has 0 amide bonds. The Balaban J connectivity index is 1.93. The summed E-state index contributed by atoms with van der Waals surface area (Å²) in [5.41, 5.74) is 7.73. The Labute approximate surface area is 101 Å². The molecule has 1 fully saturated rings. The van der Waals surface area contributed by atoms with Gasteiger partial charge in [-0.25, -0.2) is 0 Å². The van der Waals surface area contributed by atoms with E-state index in [0.717, 1.165) is 24.5 Å². The third-order valence-corrected chi connectivity index (χ3v) is 4.56. The van der Waals surface area contributed by atoms with Crippen molar-refractivity contribution in [2.24, 2.45) is 5.73 Å². The minimum atomic E-state index is -0.0869. The highest BCUT2D eigenvalue weighted by molar-refractivity contribution is 7.99. The summed E-state index contributed by atoms with van der Waals surface area (Å²) in [6, 6.07) is 6.46. The quantitative estimate of drug-likeness (QED) is 0.811. The first-order valence-corrected chi connectivity index (χ1v) is 6.96. The molecule has 86 valence electrons. The maximum Gasteiger partial charge on any atom is 0.138 e. The lowest BCUT2D eigenvalue weighted by molar-refractivity contribution is 0.301. The first-order chi connectivity index (χ1) is 7.78. The lowest BCUT2D eigenvalue weighted by Gasteiger charge is -2.34. The van der Waals surface area contributed by atoms with E-state index in [2.05, 4.69) is 18.2 Å². The summed E-state index contributed by atoms with van der Waals surface area (Å²) in [7, 11) is 0. The Morgan fingerprint density at radius 3 is 2.81 bits per heavy atom. The van der Waals surface area contributed by atoms with Gasteiger partial charge >= 0.3 is 0 Å². The van der Waals surface area contributed by atoms with Crippen LogP contribution in [0, 0.1) is 0 Å². The van der Waals surface area contributed by atoms with E-state index in [1.165, 1.54) is 29.7 Å². The van der Waals surface area contributed by atoms with Gasteiger partial charge in [0.05, 0.1) is 4.90 Å². The predicted octanol–water partition coefficient (Wildman–Crippen LogP) is 3.25. The van der Waals surface area contributed by atoms with Crippen LogP contribution in [0.1, 0.15) is 37.7 Å². The Bertz CT molecular complexity index is 399. The third-order valence-electron chi connectivity index (χ3n) is 3.69. The molecule has 0 spiro atoms. The van der Waals surface area contributed by atoms with Crippen LogP contribution >= 0.6 is 11.8 Å². The lowest BCUT2D eigenvalue weighted by Crippen LogP contribution is -2.38. The molecule has 1 saturated carbocycles. The van der Waals surface area contributed by atoms with Crippen molar-refractivity contribution >= 4 is 11.8 Å². The van der Waals surface area contributed by atoms with Crippen LogP contribution in [-0.4, -0.2) is 5.94 Å². The van der Waals surface area contributed by atoms with Gasteiger partial charge in [-0.15, -0.1) is 0 Å². The summed E-state index contributed by atoms with van der Waals surface area (Å²) in [5, 5.41) is 0. The van der Waals surface area contributed by atoms with Crippen LogP contribution in [0.2, 0.25) is 0 Å². The van der Waals surface area contributed by atoms with Crippen molar-refractivity contribution in [3.63, 3.8) is 0 Å². The number of ether oxygens (including phenoxy) is 1. The summed E-state index contributed by atoms with van der Waals surface area (Å²) >= 11 is 1.77. The van der Waals surface area contributed by atoms with E-state index in [0.29, 0.717) is 0 Å². The third kappa shape index (κ3) is 1.72. The molecule has 1 aliphatic heterocycles. The first-order valence-electron chi connectivity index (χ1n) is 5.97. The van der Waals surface area contributed by atoms with E-state index < -0.39 is 0 Å². The van der Waals surface area contributed by atoms with E-state index in [1.54, 1.807) is 11.8 Å². The predicted molar refractivity (Wildman–Crippen MR) is 66.7 cm³/mol. The van der Waals surface area contributed by atoms with Crippen molar-refractivity contribution in [1.29, 1.82) is 0 Å². The second kappa shape index (κ2) is 3.97. The van der Waals surface area contributed by atoms with Gasteiger partial charge in [0.15, 0.2) is 0 Å². The number of fused-ring (bicyclic) bond motifs is 1. The second-order valence-electron chi connectivity index (χ2n) is 4.78. The van der Waals surface area contributed by atoms with Crippen molar-refractivity contribution in [2.45, 2.75) is 42.5 Å². The zero-order valence-corrected chi connectivity index (χ0v) is 10.2. The molecular weight excluding hydrogens is 218 g/mol. The van der Waals surface area contributed by atoms with Crippen LogP contribution in [0.4, 0.5) is 0 Å². The number of rotatable bonds is 1. The van der Waals surface area contributed by atoms with Crippen LogP contribution in [0.15, 0.2) is 23.1 Å². The van der Waals surface area contributed by atoms with E-state index in [1.807, 2.05) is 0 Å². The number of hydrogen-bond acceptors (Lipinski definition) is 3. The van der Waals surface area contributed by atoms with Gasteiger partial charge in [-0.3, -0.25) is 0 Å². The normalized spacial score (nSPS) is 22.6. The minimum Gasteiger partial charge on any atom is -0.481 e. The molecule has 0 radical (unpaired) electrons. The molecule has 2 nitrogen and oxygen atoms in total. The average molecular weight is 235 g/mol. The van der Waals surface area contributed by atoms with Gasteiger partial charge in [0, 0.05) is 5.54 Å². The van der Waals surface area contributed by atoms with Gasteiger partial charge < -0.3 is 10.5 Å². The summed E-state index contributed by atoms with van der Waals surface area (Å²) in [5.74, 6) is 1.77. The fraction of sp³-hybridized carbons (Fsp3) is 0.538. The van der Waals surface area contributed by atoms with Crippen molar-refractivity contribution in [1.82, 2.24) is 0 Å². The van der Waals surface area contributed by atoms with Gasteiger partial charge in [0.1, 0.15) is 11.7 Å². The van der Waals surface area contributed by atoms with Crippen LogP contribution in [0.5, 0.6) is 5.75 Å². The van der Waals surface area contributed by atoms with Gasteiger partial charge in [-0.05, 0) is 30.5 Å². The molecule has 1 aliphatic carbocycles. The van der Waals surface area contributed by atoms with Crippen LogP contribution < -0.4 is 10.5 Å². The molecule has 16 heavy (non-hydrogen) atoms. The molecule has 0 saturated heterocycles. The largest absolute Gasteiger partial charge is 0.481 e. The second-order valence-corrected chi connectivity index (χ2v) is 5.75. The zero-order chi connectivity index (χ0) is 11.0. The van der Waals surface area contributed by atoms with Gasteiger partial charge in [-0.2, -0.15) is 0 Å². The molecule has 1 heterocycles. The first kappa shape index (κ1) is 10.5. The summed E-state index contributed by atoms with van der Waals surface area (Å²) < 4.78 is 5.50. The monoisotopic (exact) mass is 235 g/mol. The fourth-order valence-electron chi connectivity index (χ4n) is 2.68. The van der Waals surface area contributed by atoms with Gasteiger partial charge in [0.2, 0.25) is 0 Å². The molecule has 0 bridgehead atoms. The molecule has 2 aliphatic rings. The Morgan fingerprint density at radius 2 is 2.00 bits per heavy atom. The Morgan fingerprint density at radius 1 is 1.19 bits per heavy atom. The Hall–Kier alpha value is -0.670. The maximum absolute atomic E-state index is 6.52. The molecule has 3 heteroatoms. The molecular formula is C13H17NOS. The highest BCUT2D eigenvalue weighted by Gasteiger charge is 2.30. The van der Waals surface area contributed by atoms with Crippen molar-refractivity contribution in [2.75, 3.05) is 5.94 Å². The van der Waals surface area contributed by atoms with E-state index in [-0.39, 0.29) is 5.54 Å². The Kier molecular flexibility index (Phi) is 2.60. The molecule has 0 aromatic heterocycles. The van der Waals surface area contributed by atoms with Crippen LogP contribution in [0.3, 0.4) is 0 Å². The average Bonchev–Trinajstić information content (AvgIpc) is 2.77. The molecule has 2 N–H and O–H groups in total. The number of thioether (sulfide) groups is 1. The minimum absolute atomic E-state index is 0.0869. The lowest BCUT2D eigenvalue weighted by atomic mass is 9.77. The number of hydrogen-bond donors (Lipinski definition) is 1.